The monoisotopic (exact) mass is 437 g/mol. The van der Waals surface area contributed by atoms with Crippen LogP contribution in [0.1, 0.15) is 38.7 Å². The second-order valence-corrected chi connectivity index (χ2v) is 10.9. The van der Waals surface area contributed by atoms with Gasteiger partial charge in [-0.25, -0.2) is 26.3 Å². The Morgan fingerprint density at radius 3 is 2.37 bits per heavy atom. The smallest absolute Gasteiger partial charge is 0.211 e. The molecule has 2 saturated carbocycles. The molecule has 0 radical (unpaired) electrons. The number of sulfonamides is 1. The SMILES string of the molecule is CCS(=O)(=O)NC1C(Cc2cccc(-c3cc(F)cc(F)c3)c2F)C(C)CC12CC2. The molecule has 3 nitrogen and oxygen atoms in total. The zero-order valence-corrected chi connectivity index (χ0v) is 17.9. The van der Waals surface area contributed by atoms with Gasteiger partial charge in [0.2, 0.25) is 10.0 Å². The summed E-state index contributed by atoms with van der Waals surface area (Å²) in [5.74, 6) is -1.82. The van der Waals surface area contributed by atoms with E-state index in [1.807, 2.05) is 0 Å². The average Bonchev–Trinajstić information content (AvgIpc) is 3.40. The molecule has 0 aromatic heterocycles. The molecule has 0 amide bonds. The standard InChI is InChI=1S/C23H26F3NO2S/c1-3-30(28,29)27-22-20(14(2)13-23(22)7-8-23)11-15-5-4-6-19(21(15)26)16-9-17(24)12-18(25)10-16/h4-6,9-10,12,14,20,22,27H,3,7-8,11,13H2,1-2H3. The fraction of sp³-hybridized carbons (Fsp3) is 0.478. The molecular weight excluding hydrogens is 411 g/mol. The van der Waals surface area contributed by atoms with Gasteiger partial charge in [0.25, 0.3) is 0 Å². The van der Waals surface area contributed by atoms with Crippen molar-refractivity contribution in [2.24, 2.45) is 17.3 Å². The quantitative estimate of drug-likeness (QED) is 0.687. The number of rotatable bonds is 6. The first kappa shape index (κ1) is 21.4. The molecular formula is C23H26F3NO2S. The Kier molecular flexibility index (Phi) is 5.47. The molecule has 2 fully saturated rings. The van der Waals surface area contributed by atoms with E-state index in [9.17, 15) is 17.2 Å². The van der Waals surface area contributed by atoms with Crippen molar-refractivity contribution in [3.8, 4) is 11.1 Å². The van der Waals surface area contributed by atoms with Crippen LogP contribution in [0.4, 0.5) is 13.2 Å². The Bertz CT molecular complexity index is 1050. The van der Waals surface area contributed by atoms with Crippen molar-refractivity contribution in [2.75, 3.05) is 5.75 Å². The number of hydrogen-bond donors (Lipinski definition) is 1. The Morgan fingerprint density at radius 2 is 1.77 bits per heavy atom. The summed E-state index contributed by atoms with van der Waals surface area (Å²) in [6.07, 6.45) is 3.26. The van der Waals surface area contributed by atoms with Gasteiger partial charge in [-0.05, 0) is 73.1 Å². The summed E-state index contributed by atoms with van der Waals surface area (Å²) in [6.45, 7) is 3.70. The van der Waals surface area contributed by atoms with Gasteiger partial charge in [0.1, 0.15) is 17.5 Å². The molecule has 2 aliphatic carbocycles. The molecule has 1 N–H and O–H groups in total. The van der Waals surface area contributed by atoms with Gasteiger partial charge < -0.3 is 0 Å². The first-order valence-electron chi connectivity index (χ1n) is 10.4. The van der Waals surface area contributed by atoms with E-state index in [1.165, 1.54) is 6.07 Å². The van der Waals surface area contributed by atoms with Crippen LogP contribution in [0.3, 0.4) is 0 Å². The Balaban J connectivity index is 1.66. The highest BCUT2D eigenvalue weighted by atomic mass is 32.2. The van der Waals surface area contributed by atoms with Crippen molar-refractivity contribution < 1.29 is 21.6 Å². The summed E-state index contributed by atoms with van der Waals surface area (Å²) < 4.78 is 70.1. The summed E-state index contributed by atoms with van der Waals surface area (Å²) in [5.41, 5.74) is 0.704. The molecule has 2 aromatic rings. The van der Waals surface area contributed by atoms with E-state index in [0.29, 0.717) is 12.0 Å². The first-order chi connectivity index (χ1) is 14.1. The van der Waals surface area contributed by atoms with Crippen molar-refractivity contribution in [1.29, 1.82) is 0 Å². The minimum absolute atomic E-state index is 0.00959. The van der Waals surface area contributed by atoms with E-state index in [-0.39, 0.29) is 40.2 Å². The van der Waals surface area contributed by atoms with Gasteiger partial charge in [-0.2, -0.15) is 0 Å². The molecule has 2 aromatic carbocycles. The maximum atomic E-state index is 15.4. The van der Waals surface area contributed by atoms with Gasteiger partial charge in [-0.1, -0.05) is 25.1 Å². The normalized spacial score (nSPS) is 25.0. The van der Waals surface area contributed by atoms with Crippen LogP contribution in [-0.4, -0.2) is 20.2 Å². The average molecular weight is 438 g/mol. The zero-order chi connectivity index (χ0) is 21.7. The van der Waals surface area contributed by atoms with Crippen molar-refractivity contribution >= 4 is 10.0 Å². The highest BCUT2D eigenvalue weighted by Crippen LogP contribution is 2.62. The Morgan fingerprint density at radius 1 is 1.10 bits per heavy atom. The predicted molar refractivity (Wildman–Crippen MR) is 111 cm³/mol. The fourth-order valence-electron chi connectivity index (χ4n) is 5.11. The van der Waals surface area contributed by atoms with E-state index < -0.39 is 27.5 Å². The van der Waals surface area contributed by atoms with Gasteiger partial charge in [0, 0.05) is 17.7 Å². The molecule has 3 atom stereocenters. The van der Waals surface area contributed by atoms with E-state index in [0.717, 1.165) is 37.5 Å². The molecule has 0 saturated heterocycles. The minimum Gasteiger partial charge on any atom is -0.212 e. The first-order valence-corrected chi connectivity index (χ1v) is 12.0. The van der Waals surface area contributed by atoms with Crippen LogP contribution in [0.15, 0.2) is 36.4 Å². The summed E-state index contributed by atoms with van der Waals surface area (Å²) in [4.78, 5) is 0. The fourth-order valence-corrected chi connectivity index (χ4v) is 6.09. The van der Waals surface area contributed by atoms with Crippen LogP contribution < -0.4 is 4.72 Å². The third-order valence-corrected chi connectivity index (χ3v) is 8.21. The predicted octanol–water partition coefficient (Wildman–Crippen LogP) is 5.06. The van der Waals surface area contributed by atoms with Gasteiger partial charge in [0.15, 0.2) is 0 Å². The van der Waals surface area contributed by atoms with E-state index in [4.69, 9.17) is 0 Å². The lowest BCUT2D eigenvalue weighted by molar-refractivity contribution is 0.335. The number of benzene rings is 2. The molecule has 0 bridgehead atoms. The maximum absolute atomic E-state index is 15.4. The molecule has 0 aliphatic heterocycles. The Hall–Kier alpha value is -1.86. The van der Waals surface area contributed by atoms with Crippen LogP contribution in [0.2, 0.25) is 0 Å². The lowest BCUT2D eigenvalue weighted by atomic mass is 9.86. The van der Waals surface area contributed by atoms with Crippen molar-refractivity contribution in [2.45, 2.75) is 45.6 Å². The summed E-state index contributed by atoms with van der Waals surface area (Å²) in [5, 5.41) is 0. The third kappa shape index (κ3) is 4.02. The van der Waals surface area contributed by atoms with Gasteiger partial charge >= 0.3 is 0 Å². The lowest BCUT2D eigenvalue weighted by Gasteiger charge is -2.27. The van der Waals surface area contributed by atoms with Crippen molar-refractivity contribution in [3.63, 3.8) is 0 Å². The highest BCUT2D eigenvalue weighted by Gasteiger charge is 2.59. The molecule has 162 valence electrons. The van der Waals surface area contributed by atoms with Gasteiger partial charge in [0.05, 0.1) is 5.75 Å². The minimum atomic E-state index is -3.38. The van der Waals surface area contributed by atoms with Crippen LogP contribution in [0.5, 0.6) is 0 Å². The largest absolute Gasteiger partial charge is 0.212 e. The molecule has 30 heavy (non-hydrogen) atoms. The molecule has 3 unspecified atom stereocenters. The number of nitrogens with one attached hydrogen (secondary N) is 1. The molecule has 0 heterocycles. The summed E-state index contributed by atoms with van der Waals surface area (Å²) in [6, 6.07) is 7.61. The molecule has 1 spiro atoms. The number of hydrogen-bond acceptors (Lipinski definition) is 2. The van der Waals surface area contributed by atoms with Crippen LogP contribution in [0, 0.1) is 34.7 Å². The van der Waals surface area contributed by atoms with E-state index in [2.05, 4.69) is 11.6 Å². The lowest BCUT2D eigenvalue weighted by Crippen LogP contribution is -2.44. The Labute approximate surface area is 175 Å². The summed E-state index contributed by atoms with van der Waals surface area (Å²) in [7, 11) is -3.38. The number of halogens is 3. The van der Waals surface area contributed by atoms with Crippen molar-refractivity contribution in [3.05, 3.63) is 59.4 Å². The molecule has 4 rings (SSSR count). The van der Waals surface area contributed by atoms with Gasteiger partial charge in [-0.3, -0.25) is 0 Å². The maximum Gasteiger partial charge on any atom is 0.211 e. The van der Waals surface area contributed by atoms with Crippen LogP contribution in [0.25, 0.3) is 11.1 Å². The second kappa shape index (κ2) is 7.68. The summed E-state index contributed by atoms with van der Waals surface area (Å²) >= 11 is 0. The molecule has 2 aliphatic rings. The van der Waals surface area contributed by atoms with E-state index in [1.54, 1.807) is 19.1 Å². The van der Waals surface area contributed by atoms with E-state index >= 15 is 4.39 Å². The second-order valence-electron chi connectivity index (χ2n) is 8.85. The highest BCUT2D eigenvalue weighted by molar-refractivity contribution is 7.89. The topological polar surface area (TPSA) is 46.2 Å². The molecule has 7 heteroatoms. The van der Waals surface area contributed by atoms with Crippen molar-refractivity contribution in [1.82, 2.24) is 4.72 Å². The van der Waals surface area contributed by atoms with Gasteiger partial charge in [-0.15, -0.1) is 0 Å². The van der Waals surface area contributed by atoms with Crippen LogP contribution in [-0.2, 0) is 16.4 Å². The zero-order valence-electron chi connectivity index (χ0n) is 17.1. The third-order valence-electron chi connectivity index (χ3n) is 6.83. The van der Waals surface area contributed by atoms with Crippen LogP contribution >= 0.6 is 0 Å².